The Hall–Kier alpha value is -2.92. The molecule has 0 bridgehead atoms. The van der Waals surface area contributed by atoms with Gasteiger partial charge in [-0.25, -0.2) is 0 Å². The predicted octanol–water partition coefficient (Wildman–Crippen LogP) is 5.33. The molecule has 1 aliphatic carbocycles. The molecule has 2 aliphatic rings. The van der Waals surface area contributed by atoms with Gasteiger partial charge in [-0.15, -0.1) is 11.3 Å². The van der Waals surface area contributed by atoms with Gasteiger partial charge in [-0.2, -0.15) is 0 Å². The van der Waals surface area contributed by atoms with E-state index in [-0.39, 0.29) is 23.9 Å². The zero-order chi connectivity index (χ0) is 21.9. The van der Waals surface area contributed by atoms with E-state index >= 15 is 0 Å². The van der Waals surface area contributed by atoms with Crippen LogP contribution in [-0.4, -0.2) is 29.3 Å². The largest absolute Gasteiger partial charge is 0.355 e. The van der Waals surface area contributed by atoms with Gasteiger partial charge in [0.1, 0.15) is 0 Å². The van der Waals surface area contributed by atoms with Crippen LogP contribution in [0, 0.1) is 0 Å². The molecular formula is C27H28N2O2S. The highest BCUT2D eigenvalue weighted by molar-refractivity contribution is 7.10. The highest BCUT2D eigenvalue weighted by Gasteiger charge is 2.47. The van der Waals surface area contributed by atoms with E-state index in [1.54, 1.807) is 11.3 Å². The Morgan fingerprint density at radius 3 is 2.47 bits per heavy atom. The summed E-state index contributed by atoms with van der Waals surface area (Å²) < 4.78 is 0. The lowest BCUT2D eigenvalue weighted by atomic mass is 9.80. The minimum atomic E-state index is -0.404. The maximum absolute atomic E-state index is 13.7. The molecule has 1 fully saturated rings. The van der Waals surface area contributed by atoms with E-state index in [2.05, 4.69) is 23.5 Å². The molecule has 1 aliphatic heterocycles. The normalized spacial score (nSPS) is 20.9. The second-order valence-corrected chi connectivity index (χ2v) is 9.68. The number of carbonyl (C=O) groups excluding carboxylic acids is 2. The molecular weight excluding hydrogens is 416 g/mol. The van der Waals surface area contributed by atoms with Crippen LogP contribution < -0.4 is 5.32 Å². The molecule has 5 heteroatoms. The van der Waals surface area contributed by atoms with Crippen LogP contribution in [-0.2, 0) is 11.2 Å². The van der Waals surface area contributed by atoms with Crippen molar-refractivity contribution in [2.24, 2.45) is 0 Å². The van der Waals surface area contributed by atoms with Gasteiger partial charge >= 0.3 is 0 Å². The van der Waals surface area contributed by atoms with Crippen LogP contribution in [0.15, 0.2) is 72.1 Å². The number of hydrogen-bond donors (Lipinski definition) is 1. The lowest BCUT2D eigenvalue weighted by Crippen LogP contribution is -2.50. The minimum absolute atomic E-state index is 0.00211. The van der Waals surface area contributed by atoms with Gasteiger partial charge in [-0.05, 0) is 47.9 Å². The van der Waals surface area contributed by atoms with Gasteiger partial charge in [0.15, 0.2) is 0 Å². The van der Waals surface area contributed by atoms with Crippen molar-refractivity contribution in [3.8, 4) is 0 Å². The third kappa shape index (κ3) is 3.97. The Labute approximate surface area is 193 Å². The molecule has 0 spiro atoms. The molecule has 0 unspecified atom stereocenters. The van der Waals surface area contributed by atoms with E-state index in [9.17, 15) is 9.59 Å². The van der Waals surface area contributed by atoms with E-state index in [1.165, 1.54) is 5.56 Å². The van der Waals surface area contributed by atoms with Crippen LogP contribution in [0.1, 0.15) is 64.0 Å². The summed E-state index contributed by atoms with van der Waals surface area (Å²) in [6.45, 7) is 0.579. The minimum Gasteiger partial charge on any atom is -0.355 e. The first-order valence-corrected chi connectivity index (χ1v) is 12.4. The van der Waals surface area contributed by atoms with Crippen LogP contribution >= 0.6 is 11.3 Å². The van der Waals surface area contributed by atoms with E-state index in [1.807, 2.05) is 58.8 Å². The zero-order valence-electron chi connectivity index (χ0n) is 18.1. The van der Waals surface area contributed by atoms with Gasteiger partial charge in [0.25, 0.3) is 5.91 Å². The summed E-state index contributed by atoms with van der Waals surface area (Å²) in [6, 6.07) is 21.9. The summed E-state index contributed by atoms with van der Waals surface area (Å²) in [5.41, 5.74) is 2.73. The Morgan fingerprint density at radius 1 is 0.969 bits per heavy atom. The molecule has 5 rings (SSSR count). The fourth-order valence-corrected chi connectivity index (χ4v) is 6.13. The van der Waals surface area contributed by atoms with Crippen molar-refractivity contribution in [3.05, 3.63) is 93.7 Å². The summed E-state index contributed by atoms with van der Waals surface area (Å²) in [7, 11) is 0. The number of amides is 2. The molecule has 0 saturated heterocycles. The molecule has 2 aromatic carbocycles. The highest BCUT2D eigenvalue weighted by atomic mass is 32.1. The van der Waals surface area contributed by atoms with Crippen LogP contribution in [0.4, 0.5) is 0 Å². The molecule has 164 valence electrons. The first-order valence-electron chi connectivity index (χ1n) is 11.5. The smallest absolute Gasteiger partial charge is 0.254 e. The van der Waals surface area contributed by atoms with Crippen molar-refractivity contribution in [2.75, 3.05) is 6.54 Å². The van der Waals surface area contributed by atoms with Gasteiger partial charge in [0, 0.05) is 23.0 Å². The van der Waals surface area contributed by atoms with Crippen molar-refractivity contribution in [2.45, 2.75) is 50.1 Å². The van der Waals surface area contributed by atoms with Crippen molar-refractivity contribution < 1.29 is 9.59 Å². The van der Waals surface area contributed by atoms with Gasteiger partial charge in [0.2, 0.25) is 5.91 Å². The van der Waals surface area contributed by atoms with Gasteiger partial charge in [0.05, 0.1) is 12.0 Å². The first kappa shape index (κ1) is 21.0. The number of hydrogen-bond acceptors (Lipinski definition) is 3. The van der Waals surface area contributed by atoms with Crippen LogP contribution in [0.25, 0.3) is 0 Å². The van der Waals surface area contributed by atoms with Gasteiger partial charge in [-0.3, -0.25) is 9.59 Å². The second-order valence-electron chi connectivity index (χ2n) is 8.70. The Balaban J connectivity index is 1.49. The number of fused-ring (bicyclic) bond motifs is 1. The lowest BCUT2D eigenvalue weighted by Gasteiger charge is -2.44. The average molecular weight is 445 g/mol. The molecule has 0 radical (unpaired) electrons. The number of nitrogens with zero attached hydrogens (tertiary/aromatic N) is 1. The Bertz CT molecular complexity index is 1070. The summed E-state index contributed by atoms with van der Waals surface area (Å²) in [5.74, 6) is -0.333. The molecule has 1 saturated carbocycles. The number of benzene rings is 2. The SMILES string of the molecule is O=C(NCCc1ccccc1)[C@@H]1c2ccccc2C(=O)N(C2CCCC2)[C@@H]1c1cccs1. The molecule has 2 atom stereocenters. The lowest BCUT2D eigenvalue weighted by molar-refractivity contribution is -0.124. The molecule has 1 aromatic heterocycles. The monoisotopic (exact) mass is 444 g/mol. The average Bonchev–Trinajstić information content (AvgIpc) is 3.54. The molecule has 2 heterocycles. The van der Waals surface area contributed by atoms with E-state index in [4.69, 9.17) is 0 Å². The van der Waals surface area contributed by atoms with E-state index in [0.29, 0.717) is 12.1 Å². The Morgan fingerprint density at radius 2 is 1.72 bits per heavy atom. The topological polar surface area (TPSA) is 49.4 Å². The standard InChI is InChI=1S/C27H28N2O2S/c30-26(28-17-16-19-9-2-1-3-10-19)24-21-13-6-7-14-22(21)27(31)29(20-11-4-5-12-20)25(24)23-15-8-18-32-23/h1-3,6-10,13-15,18,20,24-25H,4-5,11-12,16-17H2,(H,28,30)/t24-,25-/m1/s1. The maximum atomic E-state index is 13.7. The van der Waals surface area contributed by atoms with Crippen molar-refractivity contribution in [1.82, 2.24) is 10.2 Å². The number of rotatable bonds is 6. The third-order valence-corrected chi connectivity index (χ3v) is 7.71. The quantitative estimate of drug-likeness (QED) is 0.559. The second kappa shape index (κ2) is 9.29. The predicted molar refractivity (Wildman–Crippen MR) is 128 cm³/mol. The van der Waals surface area contributed by atoms with Crippen molar-refractivity contribution in [3.63, 3.8) is 0 Å². The van der Waals surface area contributed by atoms with E-state index < -0.39 is 5.92 Å². The maximum Gasteiger partial charge on any atom is 0.254 e. The van der Waals surface area contributed by atoms with Gasteiger partial charge in [-0.1, -0.05) is 67.4 Å². The first-order chi connectivity index (χ1) is 15.7. The van der Waals surface area contributed by atoms with Crippen LogP contribution in [0.5, 0.6) is 0 Å². The molecule has 2 amide bonds. The van der Waals surface area contributed by atoms with E-state index in [0.717, 1.165) is 42.5 Å². The fraction of sp³-hybridized carbons (Fsp3) is 0.333. The van der Waals surface area contributed by atoms with Crippen molar-refractivity contribution >= 4 is 23.2 Å². The zero-order valence-corrected chi connectivity index (χ0v) is 18.9. The third-order valence-electron chi connectivity index (χ3n) is 6.77. The fourth-order valence-electron chi connectivity index (χ4n) is 5.26. The molecule has 3 aromatic rings. The summed E-state index contributed by atoms with van der Waals surface area (Å²) >= 11 is 1.64. The molecule has 32 heavy (non-hydrogen) atoms. The Kier molecular flexibility index (Phi) is 6.08. The molecule has 4 nitrogen and oxygen atoms in total. The van der Waals surface area contributed by atoms with Crippen molar-refractivity contribution in [1.29, 1.82) is 0 Å². The van der Waals surface area contributed by atoms with Crippen LogP contribution in [0.2, 0.25) is 0 Å². The summed E-state index contributed by atoms with van der Waals surface area (Å²) in [5, 5.41) is 5.23. The number of nitrogens with one attached hydrogen (secondary N) is 1. The highest BCUT2D eigenvalue weighted by Crippen LogP contribution is 2.47. The molecule has 1 N–H and O–H groups in total. The van der Waals surface area contributed by atoms with Crippen LogP contribution in [0.3, 0.4) is 0 Å². The van der Waals surface area contributed by atoms with Gasteiger partial charge < -0.3 is 10.2 Å². The number of carbonyl (C=O) groups is 2. The summed E-state index contributed by atoms with van der Waals surface area (Å²) in [6.07, 6.45) is 5.09. The summed E-state index contributed by atoms with van der Waals surface area (Å²) in [4.78, 5) is 30.5. The number of thiophene rings is 1.